The van der Waals surface area contributed by atoms with E-state index >= 15 is 0 Å². The molecule has 0 bridgehead atoms. The van der Waals surface area contributed by atoms with Crippen LogP contribution in [0.1, 0.15) is 54.4 Å². The molecule has 0 unspecified atom stereocenters. The van der Waals surface area contributed by atoms with Crippen LogP contribution >= 0.6 is 22.7 Å². The zero-order chi connectivity index (χ0) is 17.1. The first-order valence-electron chi connectivity index (χ1n) is 8.55. The van der Waals surface area contributed by atoms with Crippen LogP contribution in [0.4, 0.5) is 0 Å². The Hall–Kier alpha value is -1.31. The summed E-state index contributed by atoms with van der Waals surface area (Å²) < 4.78 is 18.0. The fraction of sp³-hybridized carbons (Fsp3) is 0.444. The molecular weight excluding hydrogens is 372 g/mol. The average Bonchev–Trinajstić information content (AvgIpc) is 3.37. The fourth-order valence-corrected chi connectivity index (χ4v) is 5.99. The van der Waals surface area contributed by atoms with Gasteiger partial charge in [0.2, 0.25) is 5.89 Å². The molecule has 4 rings (SSSR count). The van der Waals surface area contributed by atoms with Gasteiger partial charge in [-0.1, -0.05) is 25.3 Å². The first-order valence-corrected chi connectivity index (χ1v) is 11.8. The normalized spacial score (nSPS) is 17.0. The Labute approximate surface area is 157 Å². The van der Waals surface area contributed by atoms with Gasteiger partial charge in [0.1, 0.15) is 6.26 Å². The maximum Gasteiger partial charge on any atom is 0.236 e. The first kappa shape index (κ1) is 17.1. The summed E-state index contributed by atoms with van der Waals surface area (Å²) in [7, 11) is -1.02. The Bertz CT molecular complexity index is 832. The lowest BCUT2D eigenvalue weighted by molar-refractivity contribution is 0.442. The summed E-state index contributed by atoms with van der Waals surface area (Å²) in [6.45, 7) is 0. The molecule has 4 nitrogen and oxygen atoms in total. The predicted octanol–water partition coefficient (Wildman–Crippen LogP) is 5.36. The molecule has 0 aromatic carbocycles. The third kappa shape index (κ3) is 4.27. The Balaban J connectivity index is 1.35. The standard InChI is InChI=1S/C18H20N2O2S3/c21-25(11-14-9-22-17(19-14)16-7-4-8-23-16)12-15-10-24-18(20-15)13-5-2-1-3-6-13/h4,7-10,13H,1-3,5-6,11-12H2/t25-/m1/s1. The molecule has 3 aromatic rings. The van der Waals surface area contributed by atoms with Crippen molar-refractivity contribution in [3.05, 3.63) is 45.6 Å². The quantitative estimate of drug-likeness (QED) is 0.567. The summed E-state index contributed by atoms with van der Waals surface area (Å²) >= 11 is 3.31. The van der Waals surface area contributed by atoms with E-state index in [1.54, 1.807) is 28.9 Å². The second-order valence-corrected chi connectivity index (χ2v) is 9.66. The molecule has 0 amide bonds. The monoisotopic (exact) mass is 392 g/mol. The van der Waals surface area contributed by atoms with E-state index in [2.05, 4.69) is 10.4 Å². The molecule has 1 saturated carbocycles. The maximum absolute atomic E-state index is 12.5. The Morgan fingerprint density at radius 3 is 2.76 bits per heavy atom. The van der Waals surface area contributed by atoms with E-state index in [1.807, 2.05) is 17.5 Å². The first-order chi connectivity index (χ1) is 12.3. The van der Waals surface area contributed by atoms with Crippen LogP contribution in [0.2, 0.25) is 0 Å². The molecule has 0 N–H and O–H groups in total. The number of nitrogens with zero attached hydrogens (tertiary/aromatic N) is 2. The Kier molecular flexibility index (Phi) is 5.43. The van der Waals surface area contributed by atoms with Gasteiger partial charge in [-0.2, -0.15) is 0 Å². The van der Waals surface area contributed by atoms with Crippen LogP contribution in [0, 0.1) is 0 Å². The number of hydrogen-bond donors (Lipinski definition) is 0. The van der Waals surface area contributed by atoms with Crippen LogP contribution in [-0.4, -0.2) is 14.2 Å². The van der Waals surface area contributed by atoms with Gasteiger partial charge in [-0.25, -0.2) is 9.97 Å². The number of rotatable bonds is 6. The van der Waals surface area contributed by atoms with Crippen molar-refractivity contribution in [3.8, 4) is 10.8 Å². The van der Waals surface area contributed by atoms with Gasteiger partial charge in [0.25, 0.3) is 0 Å². The molecule has 0 aliphatic heterocycles. The van der Waals surface area contributed by atoms with Crippen molar-refractivity contribution in [2.75, 3.05) is 0 Å². The molecular formula is C18H20N2O2S3. The summed E-state index contributed by atoms with van der Waals surface area (Å²) in [6.07, 6.45) is 8.08. The largest absolute Gasteiger partial charge is 0.444 e. The highest BCUT2D eigenvalue weighted by Gasteiger charge is 2.19. The lowest BCUT2D eigenvalue weighted by Gasteiger charge is -2.18. The Morgan fingerprint density at radius 1 is 1.12 bits per heavy atom. The average molecular weight is 393 g/mol. The van der Waals surface area contributed by atoms with Crippen molar-refractivity contribution in [1.82, 2.24) is 9.97 Å². The predicted molar refractivity (Wildman–Crippen MR) is 103 cm³/mol. The van der Waals surface area contributed by atoms with Crippen molar-refractivity contribution in [2.24, 2.45) is 0 Å². The van der Waals surface area contributed by atoms with Crippen LogP contribution in [0.15, 0.2) is 33.6 Å². The molecule has 25 heavy (non-hydrogen) atoms. The molecule has 1 aliphatic rings. The molecule has 0 spiro atoms. The highest BCUT2D eigenvalue weighted by molar-refractivity contribution is 7.83. The number of oxazole rings is 1. The van der Waals surface area contributed by atoms with Crippen LogP contribution in [0.3, 0.4) is 0 Å². The van der Waals surface area contributed by atoms with E-state index in [0.717, 1.165) is 16.3 Å². The van der Waals surface area contributed by atoms with Crippen LogP contribution in [0.25, 0.3) is 10.8 Å². The summed E-state index contributed by atoms with van der Waals surface area (Å²) in [5, 5.41) is 5.29. The van der Waals surface area contributed by atoms with Crippen molar-refractivity contribution in [2.45, 2.75) is 49.5 Å². The van der Waals surface area contributed by atoms with Gasteiger partial charge in [0.05, 0.1) is 32.8 Å². The molecule has 1 fully saturated rings. The molecule has 0 radical (unpaired) electrons. The van der Waals surface area contributed by atoms with Crippen LogP contribution < -0.4 is 0 Å². The lowest BCUT2D eigenvalue weighted by atomic mass is 9.90. The molecule has 1 atom stereocenters. The van der Waals surface area contributed by atoms with Crippen molar-refractivity contribution in [3.63, 3.8) is 0 Å². The minimum absolute atomic E-state index is 0.408. The molecule has 132 valence electrons. The van der Waals surface area contributed by atoms with E-state index < -0.39 is 10.8 Å². The molecule has 3 heterocycles. The minimum atomic E-state index is -1.02. The van der Waals surface area contributed by atoms with Gasteiger partial charge >= 0.3 is 0 Å². The third-order valence-electron chi connectivity index (χ3n) is 4.43. The maximum atomic E-state index is 12.5. The van der Waals surface area contributed by atoms with Gasteiger partial charge in [0, 0.05) is 22.1 Å². The SMILES string of the molecule is O=[S@](Cc1coc(-c2cccs2)n1)Cc1csc(C2CCCCC2)n1. The molecule has 1 aliphatic carbocycles. The minimum Gasteiger partial charge on any atom is -0.444 e. The lowest BCUT2D eigenvalue weighted by Crippen LogP contribution is -2.05. The molecule has 7 heteroatoms. The van der Waals surface area contributed by atoms with E-state index in [-0.39, 0.29) is 0 Å². The third-order valence-corrected chi connectivity index (χ3v) is 7.57. The second kappa shape index (κ2) is 7.93. The topological polar surface area (TPSA) is 56.0 Å². The fourth-order valence-electron chi connectivity index (χ4n) is 3.19. The van der Waals surface area contributed by atoms with Gasteiger partial charge in [-0.3, -0.25) is 4.21 Å². The van der Waals surface area contributed by atoms with Crippen molar-refractivity contribution in [1.29, 1.82) is 0 Å². The highest BCUT2D eigenvalue weighted by atomic mass is 32.2. The smallest absolute Gasteiger partial charge is 0.236 e. The summed E-state index contributed by atoms with van der Waals surface area (Å²) in [4.78, 5) is 10.2. The van der Waals surface area contributed by atoms with Crippen LogP contribution in [-0.2, 0) is 22.3 Å². The zero-order valence-electron chi connectivity index (χ0n) is 13.8. The number of aromatic nitrogens is 2. The van der Waals surface area contributed by atoms with Gasteiger partial charge < -0.3 is 4.42 Å². The summed E-state index contributed by atoms with van der Waals surface area (Å²) in [5.41, 5.74) is 1.69. The second-order valence-electron chi connectivity index (χ2n) is 6.36. The number of hydrogen-bond acceptors (Lipinski definition) is 6. The van der Waals surface area contributed by atoms with Crippen molar-refractivity contribution < 1.29 is 8.63 Å². The number of thiazole rings is 1. The van der Waals surface area contributed by atoms with E-state index in [0.29, 0.717) is 23.3 Å². The Morgan fingerprint density at radius 2 is 1.96 bits per heavy atom. The van der Waals surface area contributed by atoms with E-state index in [4.69, 9.17) is 9.40 Å². The molecule has 3 aromatic heterocycles. The van der Waals surface area contributed by atoms with Gasteiger partial charge in [-0.05, 0) is 24.3 Å². The van der Waals surface area contributed by atoms with Gasteiger partial charge in [0.15, 0.2) is 0 Å². The van der Waals surface area contributed by atoms with E-state index in [1.165, 1.54) is 37.1 Å². The molecule has 0 saturated heterocycles. The summed E-state index contributed by atoms with van der Waals surface area (Å²) in [6, 6.07) is 3.94. The summed E-state index contributed by atoms with van der Waals surface area (Å²) in [5.74, 6) is 2.12. The highest BCUT2D eigenvalue weighted by Crippen LogP contribution is 2.34. The van der Waals surface area contributed by atoms with Crippen molar-refractivity contribution >= 4 is 33.5 Å². The van der Waals surface area contributed by atoms with Crippen LogP contribution in [0.5, 0.6) is 0 Å². The van der Waals surface area contributed by atoms with E-state index in [9.17, 15) is 4.21 Å². The zero-order valence-corrected chi connectivity index (χ0v) is 16.3. The van der Waals surface area contributed by atoms with Gasteiger partial charge in [-0.15, -0.1) is 22.7 Å². The number of thiophene rings is 1.